The molecule has 2 aromatic rings. The lowest BCUT2D eigenvalue weighted by Crippen LogP contribution is -2.23. The van der Waals surface area contributed by atoms with Gasteiger partial charge in [0.1, 0.15) is 12.4 Å². The van der Waals surface area contributed by atoms with E-state index in [0.717, 1.165) is 18.7 Å². The second-order valence-corrected chi connectivity index (χ2v) is 4.99. The van der Waals surface area contributed by atoms with E-state index in [1.165, 1.54) is 16.8 Å². The van der Waals surface area contributed by atoms with Crippen molar-refractivity contribution in [1.82, 2.24) is 0 Å². The van der Waals surface area contributed by atoms with E-state index in [9.17, 15) is 0 Å². The third kappa shape index (κ3) is 2.63. The van der Waals surface area contributed by atoms with Gasteiger partial charge in [0.15, 0.2) is 0 Å². The SMILES string of the molecule is OCCN1CCc2c(OCc3ccccc3)cccc21. The molecule has 0 bridgehead atoms. The molecule has 104 valence electrons. The summed E-state index contributed by atoms with van der Waals surface area (Å²) in [4.78, 5) is 2.21. The van der Waals surface area contributed by atoms with Crippen LogP contribution in [0.3, 0.4) is 0 Å². The molecular weight excluding hydrogens is 250 g/mol. The van der Waals surface area contributed by atoms with Gasteiger partial charge in [0, 0.05) is 24.3 Å². The van der Waals surface area contributed by atoms with E-state index in [2.05, 4.69) is 23.1 Å². The molecule has 1 aliphatic rings. The molecule has 3 rings (SSSR count). The molecule has 2 aromatic carbocycles. The van der Waals surface area contributed by atoms with E-state index in [-0.39, 0.29) is 6.61 Å². The normalized spacial score (nSPS) is 13.3. The largest absolute Gasteiger partial charge is 0.489 e. The maximum absolute atomic E-state index is 9.10. The second-order valence-electron chi connectivity index (χ2n) is 4.99. The number of aliphatic hydroxyl groups excluding tert-OH is 1. The maximum atomic E-state index is 9.10. The lowest BCUT2D eigenvalue weighted by molar-refractivity contribution is 0.302. The molecule has 1 aliphatic heterocycles. The van der Waals surface area contributed by atoms with Gasteiger partial charge in [-0.1, -0.05) is 36.4 Å². The molecule has 3 nitrogen and oxygen atoms in total. The van der Waals surface area contributed by atoms with Crippen LogP contribution in [0.15, 0.2) is 48.5 Å². The van der Waals surface area contributed by atoms with E-state index in [0.29, 0.717) is 13.2 Å². The molecule has 3 heteroatoms. The number of aliphatic hydroxyl groups is 1. The number of hydrogen-bond donors (Lipinski definition) is 1. The first-order chi connectivity index (χ1) is 9.88. The van der Waals surface area contributed by atoms with Crippen molar-refractivity contribution >= 4 is 5.69 Å². The predicted octanol–water partition coefficient (Wildman–Crippen LogP) is 2.62. The average molecular weight is 269 g/mol. The predicted molar refractivity (Wildman–Crippen MR) is 80.2 cm³/mol. The van der Waals surface area contributed by atoms with Gasteiger partial charge in [0.05, 0.1) is 6.61 Å². The summed E-state index contributed by atoms with van der Waals surface area (Å²) in [5.74, 6) is 0.965. The van der Waals surface area contributed by atoms with Crippen LogP contribution in [0.5, 0.6) is 5.75 Å². The minimum absolute atomic E-state index is 0.189. The van der Waals surface area contributed by atoms with Crippen LogP contribution in [0.4, 0.5) is 5.69 Å². The van der Waals surface area contributed by atoms with Gasteiger partial charge in [-0.3, -0.25) is 0 Å². The Morgan fingerprint density at radius 3 is 2.70 bits per heavy atom. The highest BCUT2D eigenvalue weighted by atomic mass is 16.5. The zero-order valence-corrected chi connectivity index (χ0v) is 11.5. The minimum atomic E-state index is 0.189. The number of fused-ring (bicyclic) bond motifs is 1. The van der Waals surface area contributed by atoms with Crippen LogP contribution < -0.4 is 9.64 Å². The van der Waals surface area contributed by atoms with Crippen LogP contribution in [-0.4, -0.2) is 24.8 Å². The molecule has 0 saturated carbocycles. The first kappa shape index (κ1) is 13.0. The molecule has 0 radical (unpaired) electrons. The summed E-state index contributed by atoms with van der Waals surface area (Å²) in [7, 11) is 0. The third-order valence-electron chi connectivity index (χ3n) is 3.69. The molecular formula is C17H19NO2. The summed E-state index contributed by atoms with van der Waals surface area (Å²) in [6.45, 7) is 2.43. The number of benzene rings is 2. The Balaban J connectivity index is 1.75. The van der Waals surface area contributed by atoms with Gasteiger partial charge in [0.2, 0.25) is 0 Å². The topological polar surface area (TPSA) is 32.7 Å². The van der Waals surface area contributed by atoms with Crippen molar-refractivity contribution in [2.24, 2.45) is 0 Å². The smallest absolute Gasteiger partial charge is 0.125 e. The van der Waals surface area contributed by atoms with Crippen LogP contribution in [-0.2, 0) is 13.0 Å². The van der Waals surface area contributed by atoms with E-state index in [1.54, 1.807) is 0 Å². The summed E-state index contributed by atoms with van der Waals surface area (Å²) >= 11 is 0. The first-order valence-electron chi connectivity index (χ1n) is 7.03. The number of hydrogen-bond acceptors (Lipinski definition) is 3. The van der Waals surface area contributed by atoms with Gasteiger partial charge in [-0.2, -0.15) is 0 Å². The summed E-state index contributed by atoms with van der Waals surface area (Å²) in [5, 5.41) is 9.10. The summed E-state index contributed by atoms with van der Waals surface area (Å²) in [6.07, 6.45) is 0.986. The molecule has 1 heterocycles. The quantitative estimate of drug-likeness (QED) is 0.905. The number of β-amino-alcohol motifs (C(OH)–C–C–N with tert-alkyl or cyclic N) is 1. The molecule has 0 spiro atoms. The van der Waals surface area contributed by atoms with E-state index in [4.69, 9.17) is 9.84 Å². The van der Waals surface area contributed by atoms with Crippen LogP contribution in [0, 0.1) is 0 Å². The molecule has 0 atom stereocenters. The van der Waals surface area contributed by atoms with E-state index < -0.39 is 0 Å². The van der Waals surface area contributed by atoms with Crippen molar-refractivity contribution < 1.29 is 9.84 Å². The first-order valence-corrected chi connectivity index (χ1v) is 7.03. The summed E-state index contributed by atoms with van der Waals surface area (Å²) in [5.41, 5.74) is 3.64. The average Bonchev–Trinajstić information content (AvgIpc) is 2.91. The standard InChI is InChI=1S/C17H19NO2/c19-12-11-18-10-9-15-16(18)7-4-8-17(15)20-13-14-5-2-1-3-6-14/h1-8,19H,9-13H2. The van der Waals surface area contributed by atoms with Crippen molar-refractivity contribution in [2.45, 2.75) is 13.0 Å². The van der Waals surface area contributed by atoms with Gasteiger partial charge in [-0.25, -0.2) is 0 Å². The highest BCUT2D eigenvalue weighted by molar-refractivity contribution is 5.63. The number of anilines is 1. The lowest BCUT2D eigenvalue weighted by Gasteiger charge is -2.18. The minimum Gasteiger partial charge on any atom is -0.489 e. The van der Waals surface area contributed by atoms with Crippen molar-refractivity contribution in [2.75, 3.05) is 24.6 Å². The van der Waals surface area contributed by atoms with Gasteiger partial charge in [-0.05, 0) is 24.1 Å². The number of ether oxygens (including phenoxy) is 1. The Morgan fingerprint density at radius 2 is 1.90 bits per heavy atom. The molecule has 0 saturated heterocycles. The van der Waals surface area contributed by atoms with Gasteiger partial charge in [-0.15, -0.1) is 0 Å². The van der Waals surface area contributed by atoms with Crippen LogP contribution in [0.2, 0.25) is 0 Å². The third-order valence-corrected chi connectivity index (χ3v) is 3.69. The molecule has 0 unspecified atom stereocenters. The zero-order valence-electron chi connectivity index (χ0n) is 11.5. The molecule has 0 amide bonds. The fourth-order valence-electron chi connectivity index (χ4n) is 2.69. The Morgan fingerprint density at radius 1 is 1.05 bits per heavy atom. The highest BCUT2D eigenvalue weighted by Crippen LogP contribution is 2.35. The van der Waals surface area contributed by atoms with Crippen molar-refractivity contribution in [1.29, 1.82) is 0 Å². The van der Waals surface area contributed by atoms with Gasteiger partial charge >= 0.3 is 0 Å². The van der Waals surface area contributed by atoms with Crippen LogP contribution in [0.25, 0.3) is 0 Å². The lowest BCUT2D eigenvalue weighted by atomic mass is 10.1. The van der Waals surface area contributed by atoms with E-state index >= 15 is 0 Å². The van der Waals surface area contributed by atoms with Crippen molar-refractivity contribution in [3.05, 3.63) is 59.7 Å². The fourth-order valence-corrected chi connectivity index (χ4v) is 2.69. The van der Waals surface area contributed by atoms with Crippen molar-refractivity contribution in [3.63, 3.8) is 0 Å². The summed E-state index contributed by atoms with van der Waals surface area (Å²) in [6, 6.07) is 16.4. The molecule has 1 N–H and O–H groups in total. The van der Waals surface area contributed by atoms with Gasteiger partial charge in [0.25, 0.3) is 0 Å². The number of rotatable bonds is 5. The monoisotopic (exact) mass is 269 g/mol. The Kier molecular flexibility index (Phi) is 3.88. The Bertz CT molecular complexity index is 568. The van der Waals surface area contributed by atoms with Gasteiger partial charge < -0.3 is 14.7 Å². The zero-order chi connectivity index (χ0) is 13.8. The summed E-state index contributed by atoms with van der Waals surface area (Å²) < 4.78 is 5.97. The number of nitrogens with zero attached hydrogens (tertiary/aromatic N) is 1. The Hall–Kier alpha value is -2.00. The molecule has 0 aromatic heterocycles. The van der Waals surface area contributed by atoms with E-state index in [1.807, 2.05) is 30.3 Å². The molecule has 0 aliphatic carbocycles. The van der Waals surface area contributed by atoms with Crippen molar-refractivity contribution in [3.8, 4) is 5.75 Å². The molecule has 20 heavy (non-hydrogen) atoms. The Labute approximate surface area is 119 Å². The highest BCUT2D eigenvalue weighted by Gasteiger charge is 2.21. The maximum Gasteiger partial charge on any atom is 0.125 e. The fraction of sp³-hybridized carbons (Fsp3) is 0.294. The molecule has 0 fully saturated rings. The van der Waals surface area contributed by atoms with Crippen LogP contribution in [0.1, 0.15) is 11.1 Å². The second kappa shape index (κ2) is 5.97. The van der Waals surface area contributed by atoms with Crippen LogP contribution >= 0.6 is 0 Å².